The van der Waals surface area contributed by atoms with Gasteiger partial charge in [0.25, 0.3) is 10.1 Å². The van der Waals surface area contributed by atoms with Gasteiger partial charge in [-0.3, -0.25) is 4.55 Å². The summed E-state index contributed by atoms with van der Waals surface area (Å²) in [4.78, 5) is 0. The lowest BCUT2D eigenvalue weighted by Crippen LogP contribution is -2.51. The molecule has 0 aliphatic heterocycles. The van der Waals surface area contributed by atoms with Crippen LogP contribution >= 0.6 is 0 Å². The van der Waals surface area contributed by atoms with E-state index in [1.165, 1.54) is 135 Å². The van der Waals surface area contributed by atoms with Crippen molar-refractivity contribution >= 4 is 30.2 Å². The van der Waals surface area contributed by atoms with E-state index < -0.39 is 41.2 Å². The Morgan fingerprint density at radius 3 is 0.979 bits per heavy atom. The predicted molar refractivity (Wildman–Crippen MR) is 174 cm³/mol. The molecule has 0 atom stereocenters. The van der Waals surface area contributed by atoms with Gasteiger partial charge in [-0.15, -0.1) is 0 Å². The number of nitrogens with zero attached hydrogens (tertiary/aromatic N) is 2. The average Bonchev–Trinajstić information content (AvgIpc) is 2.92. The highest BCUT2D eigenvalue weighted by Gasteiger charge is 2.47. The maximum Gasteiger partial charge on any atom is 0.480 e. The number of quaternary nitrogens is 1. The van der Waals surface area contributed by atoms with Crippen LogP contribution in [0.15, 0.2) is 0 Å². The van der Waals surface area contributed by atoms with Crippen molar-refractivity contribution in [2.24, 2.45) is 0 Å². The van der Waals surface area contributed by atoms with E-state index in [1.54, 1.807) is 0 Å². The smallest absolute Gasteiger partial charge is 0.421 e. The number of alkyl halides is 6. The molecule has 0 heterocycles. The maximum absolute atomic E-state index is 11.4. The van der Waals surface area contributed by atoms with Crippen molar-refractivity contribution in [3.05, 3.63) is 4.13 Å². The van der Waals surface area contributed by atoms with Crippen LogP contribution in [0.4, 0.5) is 26.3 Å². The van der Waals surface area contributed by atoms with Crippen molar-refractivity contribution in [3.63, 3.8) is 0 Å². The van der Waals surface area contributed by atoms with E-state index in [2.05, 4.69) is 20.8 Å². The minimum absolute atomic E-state index is 0.0868. The highest BCUT2D eigenvalue weighted by molar-refractivity contribution is 8.13. The van der Waals surface area contributed by atoms with Crippen LogP contribution in [0, 0.1) is 0 Å². The third-order valence-corrected chi connectivity index (χ3v) is 11.3. The topological polar surface area (TPSA) is 137 Å². The van der Waals surface area contributed by atoms with Crippen molar-refractivity contribution in [1.82, 2.24) is 0 Å². The molecule has 9 nitrogen and oxygen atoms in total. The molecule has 0 bridgehead atoms. The van der Waals surface area contributed by atoms with Gasteiger partial charge in [0.05, 0.1) is 31.9 Å². The van der Waals surface area contributed by atoms with Crippen molar-refractivity contribution in [2.75, 3.05) is 31.9 Å². The van der Waals surface area contributed by atoms with E-state index in [4.69, 9.17) is 0 Å². The zero-order valence-electron chi connectivity index (χ0n) is 28.3. The Bertz CT molecular complexity index is 1030. The summed E-state index contributed by atoms with van der Waals surface area (Å²) in [6.45, 7) is 11.2. The molecule has 0 unspecified atom stereocenters. The highest BCUT2D eigenvalue weighted by atomic mass is 32.3. The largest absolute Gasteiger partial charge is 0.480 e. The summed E-state index contributed by atoms with van der Waals surface area (Å²) < 4.78 is 142. The number of sulfonamides is 2. The monoisotopic (exact) mass is 756 g/mol. The molecular formula is C29H58F6N2O7S3. The van der Waals surface area contributed by atoms with Crippen LogP contribution < -0.4 is 0 Å². The standard InChI is InChI=1S/C27H57NO3S.C2F6NO4S2/c1-4-7-10-13-16-19-23-28(26-22-27-32(29,30)31,24-20-17-14-11-8-5-2)25-21-18-15-12-9-6-3;3-1(4,5)14(10,11)9-15(12,13)2(6,7)8/h4-27H2,1-3H3;/q;-1/p+1. The summed E-state index contributed by atoms with van der Waals surface area (Å²) in [5.41, 5.74) is -12.4. The summed E-state index contributed by atoms with van der Waals surface area (Å²) in [5.74, 6) is -0.0868. The second-order valence-corrected chi connectivity index (χ2v) is 17.1. The molecule has 0 spiro atoms. The first-order valence-electron chi connectivity index (χ1n) is 16.8. The van der Waals surface area contributed by atoms with E-state index in [-0.39, 0.29) is 5.75 Å². The molecule has 47 heavy (non-hydrogen) atoms. The Morgan fingerprint density at radius 2 is 0.723 bits per heavy atom. The molecule has 0 saturated heterocycles. The first-order chi connectivity index (χ1) is 21.6. The lowest BCUT2D eigenvalue weighted by atomic mass is 10.1. The van der Waals surface area contributed by atoms with E-state index in [0.717, 1.165) is 15.2 Å². The second kappa shape index (κ2) is 24.5. The lowest BCUT2D eigenvalue weighted by molar-refractivity contribution is -0.928. The van der Waals surface area contributed by atoms with Gasteiger partial charge in [0.1, 0.15) is 0 Å². The molecule has 0 aromatic rings. The Morgan fingerprint density at radius 1 is 0.468 bits per heavy atom. The van der Waals surface area contributed by atoms with Crippen molar-refractivity contribution < 1.29 is 60.6 Å². The van der Waals surface area contributed by atoms with Crippen molar-refractivity contribution in [2.45, 2.75) is 154 Å². The van der Waals surface area contributed by atoms with E-state index in [9.17, 15) is 56.1 Å². The van der Waals surface area contributed by atoms with E-state index in [1.807, 2.05) is 0 Å². The SMILES string of the molecule is CCCCCCCC[N+](CCCCCCCC)(CCCCCCCC)CCCS(=O)(=O)O.O=S(=O)([N-]S(=O)(=O)C(F)(F)F)C(F)(F)F. The van der Waals surface area contributed by atoms with Gasteiger partial charge in [-0.2, -0.15) is 34.8 Å². The summed E-state index contributed by atoms with van der Waals surface area (Å²) >= 11 is 0. The molecule has 0 rings (SSSR count). The van der Waals surface area contributed by atoms with Crippen molar-refractivity contribution in [1.29, 1.82) is 0 Å². The van der Waals surface area contributed by atoms with Crippen LogP contribution in [0.2, 0.25) is 0 Å². The number of hydrogen-bond acceptors (Lipinski definition) is 6. The number of hydrogen-bond donors (Lipinski definition) is 1. The third kappa shape index (κ3) is 25.0. The fourth-order valence-electron chi connectivity index (χ4n) is 5.15. The van der Waals surface area contributed by atoms with Crippen LogP contribution in [0.25, 0.3) is 4.13 Å². The maximum atomic E-state index is 11.4. The second-order valence-electron chi connectivity index (χ2n) is 12.1. The quantitative estimate of drug-likeness (QED) is 0.0382. The Labute approximate surface area is 280 Å². The van der Waals surface area contributed by atoms with Gasteiger partial charge in [-0.25, -0.2) is 16.8 Å². The molecule has 0 radical (unpaired) electrons. The minimum atomic E-state index is -6.72. The summed E-state index contributed by atoms with van der Waals surface area (Å²) in [5, 5.41) is 0. The molecular weight excluding hydrogens is 699 g/mol. The van der Waals surface area contributed by atoms with Gasteiger partial charge >= 0.3 is 11.0 Å². The molecule has 286 valence electrons. The first-order valence-corrected chi connectivity index (χ1v) is 21.3. The zero-order chi connectivity index (χ0) is 36.7. The van der Waals surface area contributed by atoms with Crippen LogP contribution in [-0.2, 0) is 30.2 Å². The Hall–Kier alpha value is -0.690. The molecule has 0 aromatic carbocycles. The zero-order valence-corrected chi connectivity index (χ0v) is 30.7. The first kappa shape index (κ1) is 48.4. The molecule has 18 heteroatoms. The minimum Gasteiger partial charge on any atom is -0.421 e. The Kier molecular flexibility index (Phi) is 25.2. The number of unbranched alkanes of at least 4 members (excludes halogenated alkanes) is 15. The number of halogens is 6. The molecule has 0 fully saturated rings. The molecule has 0 aromatic heterocycles. The molecule has 0 amide bonds. The Balaban J connectivity index is 0. The van der Waals surface area contributed by atoms with Crippen LogP contribution in [-0.4, -0.2) is 77.2 Å². The molecule has 0 aliphatic carbocycles. The summed E-state index contributed by atoms with van der Waals surface area (Å²) in [6.07, 6.45) is 24.1. The summed E-state index contributed by atoms with van der Waals surface area (Å²) in [7, 11) is -17.3. The van der Waals surface area contributed by atoms with E-state index in [0.29, 0.717) is 6.42 Å². The lowest BCUT2D eigenvalue weighted by Gasteiger charge is -2.39. The van der Waals surface area contributed by atoms with E-state index >= 15 is 0 Å². The normalized spacial score (nSPS) is 13.4. The predicted octanol–water partition coefficient (Wildman–Crippen LogP) is 9.22. The van der Waals surface area contributed by atoms with Crippen LogP contribution in [0.1, 0.15) is 143 Å². The average molecular weight is 757 g/mol. The van der Waals surface area contributed by atoms with Gasteiger partial charge in [-0.05, 0) is 38.5 Å². The highest BCUT2D eigenvalue weighted by Crippen LogP contribution is 2.36. The fourth-order valence-corrected chi connectivity index (χ4v) is 7.35. The van der Waals surface area contributed by atoms with Crippen LogP contribution in [0.3, 0.4) is 0 Å². The fraction of sp³-hybridized carbons (Fsp3) is 1.00. The van der Waals surface area contributed by atoms with Crippen molar-refractivity contribution in [3.8, 4) is 0 Å². The third-order valence-electron chi connectivity index (χ3n) is 7.77. The molecule has 0 saturated carbocycles. The van der Waals surface area contributed by atoms with Gasteiger partial charge in [0, 0.05) is 6.42 Å². The van der Waals surface area contributed by atoms with Gasteiger partial charge < -0.3 is 8.61 Å². The van der Waals surface area contributed by atoms with Gasteiger partial charge in [-0.1, -0.05) is 97.8 Å². The van der Waals surface area contributed by atoms with Gasteiger partial charge in [0.2, 0.25) is 0 Å². The number of rotatable bonds is 27. The molecule has 1 N–H and O–H groups in total. The van der Waals surface area contributed by atoms with Gasteiger partial charge in [0.15, 0.2) is 20.0 Å². The summed E-state index contributed by atoms with van der Waals surface area (Å²) in [6, 6.07) is 0. The van der Waals surface area contributed by atoms with Crippen LogP contribution in [0.5, 0.6) is 0 Å². The molecule has 0 aliphatic rings.